The van der Waals surface area contributed by atoms with Crippen molar-refractivity contribution in [2.24, 2.45) is 35.5 Å². The van der Waals surface area contributed by atoms with Crippen molar-refractivity contribution in [3.05, 3.63) is 0 Å². The average molecular weight is 565 g/mol. The van der Waals surface area contributed by atoms with E-state index in [-0.39, 0.29) is 17.9 Å². The van der Waals surface area contributed by atoms with Gasteiger partial charge in [0.2, 0.25) is 0 Å². The first kappa shape index (κ1) is 36.9. The van der Waals surface area contributed by atoms with Crippen LogP contribution in [0.15, 0.2) is 0 Å². The average Bonchev–Trinajstić information content (AvgIpc) is 2.82. The molecule has 219 valence electrons. The molecule has 0 aromatic heterocycles. The molecule has 1 aliphatic rings. The monoisotopic (exact) mass is 564 g/mol. The number of rotatable bonds is 15. The van der Waals surface area contributed by atoms with Gasteiger partial charge >= 0.3 is 171 Å². The molecule has 1 fully saturated rings. The van der Waals surface area contributed by atoms with Crippen molar-refractivity contribution >= 4 is 10.5 Å². The van der Waals surface area contributed by atoms with Crippen LogP contribution in [0.5, 0.6) is 0 Å². The number of carbonyl (C=O) groups excluding carboxylic acids is 1. The Kier molecular flexibility index (Phi) is 19.0. The van der Waals surface area contributed by atoms with Gasteiger partial charge in [-0.2, -0.15) is 0 Å². The van der Waals surface area contributed by atoms with Gasteiger partial charge in [-0.1, -0.05) is 0 Å². The van der Waals surface area contributed by atoms with Gasteiger partial charge in [0.15, 0.2) is 6.29 Å². The molecule has 0 spiro atoms. The standard InChI is InChI=1S/C22H42O3.C8H17NO2.V/c1-9-21(25-8)18(5)12-16(3)10-15(2)11-17(4)13-19(6)22(24)20(7)14-23;1-6-4-7(9(2)3)5-8(10)11-6;/h14-22,24H,9,11-13H2,1-8H3;6-8,10H,4-5H2,1-3H3;/t15-,16-,17?,18+,19?,20?,21?,22?;;/m0../s1. The van der Waals surface area contributed by atoms with E-state index < -0.39 is 12.4 Å². The van der Waals surface area contributed by atoms with Crippen LogP contribution in [-0.4, -0.2) is 77.5 Å². The van der Waals surface area contributed by atoms with Crippen molar-refractivity contribution in [3.63, 3.8) is 0 Å². The van der Waals surface area contributed by atoms with Gasteiger partial charge in [-0.05, 0) is 27.4 Å². The maximum absolute atomic E-state index is 10.9. The first-order chi connectivity index (χ1) is 17.2. The SMILES string of the molecule is CC1CC(N(C)C)CC(O)O1.CCC(OC)[C@H](C)C[C@@H](C)[C](=[V])[C@H](C)CC(C)CC(C)C(O)C(C)C=O. The van der Waals surface area contributed by atoms with Crippen LogP contribution in [-0.2, 0) is 31.2 Å². The molecule has 0 saturated carbocycles. The summed E-state index contributed by atoms with van der Waals surface area (Å²) in [4.78, 5) is 13.0. The van der Waals surface area contributed by atoms with E-state index in [9.17, 15) is 15.0 Å². The Bertz CT molecular complexity index is 619. The minimum atomic E-state index is -0.564. The summed E-state index contributed by atoms with van der Waals surface area (Å²) >= 11 is 2.82. The van der Waals surface area contributed by atoms with E-state index >= 15 is 0 Å². The van der Waals surface area contributed by atoms with Gasteiger partial charge in [-0.25, -0.2) is 0 Å². The van der Waals surface area contributed by atoms with Gasteiger partial charge in [0, 0.05) is 12.5 Å². The summed E-state index contributed by atoms with van der Waals surface area (Å²) in [6, 6.07) is 0.466. The molecule has 1 rings (SSSR count). The Morgan fingerprint density at radius 2 is 1.62 bits per heavy atom. The van der Waals surface area contributed by atoms with Crippen molar-refractivity contribution in [1.29, 1.82) is 0 Å². The van der Waals surface area contributed by atoms with Gasteiger partial charge in [-0.15, -0.1) is 0 Å². The van der Waals surface area contributed by atoms with E-state index in [4.69, 9.17) is 9.47 Å². The Labute approximate surface area is 237 Å². The molecule has 8 unspecified atom stereocenters. The number of carbonyl (C=O) groups is 1. The van der Waals surface area contributed by atoms with Crippen LogP contribution in [0.4, 0.5) is 0 Å². The molecule has 0 bridgehead atoms. The number of hydrogen-bond donors (Lipinski definition) is 2. The second-order valence-corrected chi connectivity index (χ2v) is 13.0. The van der Waals surface area contributed by atoms with Gasteiger partial charge < -0.3 is 14.7 Å². The van der Waals surface area contributed by atoms with Gasteiger partial charge in [0.1, 0.15) is 0 Å². The van der Waals surface area contributed by atoms with Crippen LogP contribution in [0.25, 0.3) is 0 Å². The molecule has 1 saturated heterocycles. The van der Waals surface area contributed by atoms with Crippen molar-refractivity contribution < 1.29 is 41.5 Å². The summed E-state index contributed by atoms with van der Waals surface area (Å²) in [6.45, 7) is 17.2. The maximum atomic E-state index is 10.9. The Hall–Kier alpha value is -0.0756. The Morgan fingerprint density at radius 3 is 2.08 bits per heavy atom. The second-order valence-electron chi connectivity index (χ2n) is 12.2. The minimum absolute atomic E-state index is 0.150. The molecule has 0 aromatic carbocycles. The first-order valence-corrected chi connectivity index (χ1v) is 15.1. The van der Waals surface area contributed by atoms with Gasteiger partial charge in [-0.3, -0.25) is 0 Å². The fourth-order valence-corrected chi connectivity index (χ4v) is 6.15. The number of aliphatic hydroxyl groups is 2. The number of methoxy groups -OCH3 is 1. The predicted octanol–water partition coefficient (Wildman–Crippen LogP) is 5.11. The zero-order chi connectivity index (χ0) is 28.9. The summed E-state index contributed by atoms with van der Waals surface area (Å²) in [7, 11) is 5.89. The summed E-state index contributed by atoms with van der Waals surface area (Å²) in [5.74, 6) is 2.06. The number of hydrogen-bond acceptors (Lipinski definition) is 6. The third-order valence-electron chi connectivity index (χ3n) is 8.14. The molecule has 37 heavy (non-hydrogen) atoms. The number of aldehydes is 1. The van der Waals surface area contributed by atoms with Gasteiger partial charge in [0.25, 0.3) is 0 Å². The number of ether oxygens (including phenoxy) is 2. The molecule has 2 N–H and O–H groups in total. The van der Waals surface area contributed by atoms with Crippen molar-refractivity contribution in [1.82, 2.24) is 4.90 Å². The molecule has 1 heterocycles. The molecule has 6 nitrogen and oxygen atoms in total. The molecular formula is C30H59NO5V. The first-order valence-electron chi connectivity index (χ1n) is 14.4. The molecule has 0 radical (unpaired) electrons. The third-order valence-corrected chi connectivity index (χ3v) is 9.52. The van der Waals surface area contributed by atoms with Crippen molar-refractivity contribution in [3.8, 4) is 0 Å². The van der Waals surface area contributed by atoms with E-state index in [0.717, 1.165) is 44.8 Å². The molecule has 0 amide bonds. The molecular weight excluding hydrogens is 505 g/mol. The molecule has 1 aliphatic heterocycles. The number of aliphatic hydroxyl groups excluding tert-OH is 2. The number of nitrogens with zero attached hydrogens (tertiary/aromatic N) is 1. The predicted molar refractivity (Wildman–Crippen MR) is 150 cm³/mol. The van der Waals surface area contributed by atoms with Crippen LogP contribution < -0.4 is 0 Å². The zero-order valence-electron chi connectivity index (χ0n) is 25.7. The van der Waals surface area contributed by atoms with E-state index in [1.807, 2.05) is 28.1 Å². The normalized spacial score (nSPS) is 26.6. The van der Waals surface area contributed by atoms with E-state index in [0.29, 0.717) is 35.8 Å². The fraction of sp³-hybridized carbons (Fsp3) is 0.933. The van der Waals surface area contributed by atoms with E-state index in [1.54, 1.807) is 6.92 Å². The zero-order valence-corrected chi connectivity index (χ0v) is 27.1. The summed E-state index contributed by atoms with van der Waals surface area (Å²) in [5.41, 5.74) is 0. The van der Waals surface area contributed by atoms with Crippen molar-refractivity contribution in [2.45, 2.75) is 125 Å². The summed E-state index contributed by atoms with van der Waals surface area (Å²) in [6.07, 6.45) is 6.33. The van der Waals surface area contributed by atoms with Crippen LogP contribution in [0.1, 0.15) is 93.9 Å². The quantitative estimate of drug-likeness (QED) is 0.269. The van der Waals surface area contributed by atoms with E-state index in [1.165, 1.54) is 4.23 Å². The summed E-state index contributed by atoms with van der Waals surface area (Å²) in [5, 5.41) is 19.5. The molecule has 7 heteroatoms. The molecule has 0 aliphatic carbocycles. The molecule has 0 aromatic rings. The third kappa shape index (κ3) is 14.2. The second kappa shape index (κ2) is 19.1. The van der Waals surface area contributed by atoms with Crippen LogP contribution in [0.2, 0.25) is 0 Å². The summed E-state index contributed by atoms with van der Waals surface area (Å²) < 4.78 is 12.3. The van der Waals surface area contributed by atoms with Gasteiger partial charge in [0.05, 0.1) is 6.10 Å². The Balaban J connectivity index is 0.000000970. The van der Waals surface area contributed by atoms with Crippen LogP contribution in [0.3, 0.4) is 0 Å². The van der Waals surface area contributed by atoms with Crippen LogP contribution >= 0.6 is 0 Å². The Morgan fingerprint density at radius 1 is 1.05 bits per heavy atom. The topological polar surface area (TPSA) is 79.2 Å². The molecule has 11 atom stereocenters. The van der Waals surface area contributed by atoms with E-state index in [2.05, 4.69) is 63.4 Å². The van der Waals surface area contributed by atoms with Crippen LogP contribution in [0, 0.1) is 35.5 Å². The fourth-order valence-electron chi connectivity index (χ4n) is 5.82. The van der Waals surface area contributed by atoms with Crippen molar-refractivity contribution in [2.75, 3.05) is 21.2 Å².